The summed E-state index contributed by atoms with van der Waals surface area (Å²) in [5, 5.41) is 4.65. The van der Waals surface area contributed by atoms with Gasteiger partial charge in [0.2, 0.25) is 10.0 Å². The summed E-state index contributed by atoms with van der Waals surface area (Å²) in [6.07, 6.45) is 1.48. The van der Waals surface area contributed by atoms with Crippen molar-refractivity contribution in [2.24, 2.45) is 5.10 Å². The molecule has 0 saturated heterocycles. The van der Waals surface area contributed by atoms with Gasteiger partial charge in [-0.1, -0.05) is 77.3 Å². The fourth-order valence-corrected chi connectivity index (χ4v) is 4.68. The van der Waals surface area contributed by atoms with Crippen molar-refractivity contribution >= 4 is 45.3 Å². The van der Waals surface area contributed by atoms with Crippen molar-refractivity contribution in [1.29, 1.82) is 0 Å². The van der Waals surface area contributed by atoms with Crippen LogP contribution in [0.1, 0.15) is 16.7 Å². The normalized spacial score (nSPS) is 11.8. The Morgan fingerprint density at radius 3 is 2.38 bits per heavy atom. The summed E-state index contributed by atoms with van der Waals surface area (Å²) in [6, 6.07) is 20.4. The van der Waals surface area contributed by atoms with Gasteiger partial charge in [-0.15, -0.1) is 0 Å². The Hall–Kier alpha value is -2.71. The molecule has 0 aliphatic heterocycles. The number of benzene rings is 3. The van der Waals surface area contributed by atoms with Crippen molar-refractivity contribution in [3.8, 4) is 0 Å². The van der Waals surface area contributed by atoms with Crippen molar-refractivity contribution in [2.45, 2.75) is 18.4 Å². The van der Waals surface area contributed by atoms with Gasteiger partial charge < -0.3 is 0 Å². The van der Waals surface area contributed by atoms with Crippen LogP contribution >= 0.6 is 23.2 Å². The molecule has 32 heavy (non-hydrogen) atoms. The largest absolute Gasteiger partial charge is 0.272 e. The molecule has 0 fully saturated rings. The van der Waals surface area contributed by atoms with Gasteiger partial charge >= 0.3 is 0 Å². The average Bonchev–Trinajstić information content (AvgIpc) is 2.76. The number of hydrogen-bond acceptors (Lipinski definition) is 4. The lowest BCUT2D eigenvalue weighted by molar-refractivity contribution is -0.121. The van der Waals surface area contributed by atoms with Gasteiger partial charge in [0.25, 0.3) is 5.91 Å². The number of carbonyl (C=O) groups excluding carboxylic acids is 1. The first-order valence-electron chi connectivity index (χ1n) is 9.63. The van der Waals surface area contributed by atoms with Crippen molar-refractivity contribution in [2.75, 3.05) is 6.54 Å². The Morgan fingerprint density at radius 2 is 1.72 bits per heavy atom. The maximum Gasteiger partial charge on any atom is 0.255 e. The first-order valence-corrected chi connectivity index (χ1v) is 11.8. The third-order valence-electron chi connectivity index (χ3n) is 4.54. The zero-order valence-electron chi connectivity index (χ0n) is 17.2. The van der Waals surface area contributed by atoms with Crippen molar-refractivity contribution < 1.29 is 13.2 Å². The number of hydrazone groups is 1. The molecule has 6 nitrogen and oxygen atoms in total. The highest BCUT2D eigenvalue weighted by molar-refractivity contribution is 7.89. The van der Waals surface area contributed by atoms with E-state index in [1.54, 1.807) is 24.3 Å². The molecule has 9 heteroatoms. The highest BCUT2D eigenvalue weighted by atomic mass is 35.5. The lowest BCUT2D eigenvalue weighted by atomic mass is 10.2. The van der Waals surface area contributed by atoms with Crippen molar-refractivity contribution in [3.63, 3.8) is 0 Å². The van der Waals surface area contributed by atoms with E-state index < -0.39 is 22.5 Å². The van der Waals surface area contributed by atoms with Crippen LogP contribution in [-0.4, -0.2) is 31.4 Å². The summed E-state index contributed by atoms with van der Waals surface area (Å²) >= 11 is 12.2. The second-order valence-electron chi connectivity index (χ2n) is 7.03. The predicted octanol–water partition coefficient (Wildman–Crippen LogP) is 4.64. The van der Waals surface area contributed by atoms with E-state index in [0.717, 1.165) is 15.4 Å². The first-order chi connectivity index (χ1) is 15.3. The van der Waals surface area contributed by atoms with Gasteiger partial charge in [-0.2, -0.15) is 9.41 Å². The van der Waals surface area contributed by atoms with E-state index in [-0.39, 0.29) is 11.4 Å². The van der Waals surface area contributed by atoms with Crippen LogP contribution in [0.2, 0.25) is 10.0 Å². The van der Waals surface area contributed by atoms with E-state index in [9.17, 15) is 13.2 Å². The molecule has 1 amide bonds. The van der Waals surface area contributed by atoms with Crippen LogP contribution < -0.4 is 5.43 Å². The van der Waals surface area contributed by atoms with Crippen LogP contribution in [0.3, 0.4) is 0 Å². The van der Waals surface area contributed by atoms with Gasteiger partial charge in [-0.25, -0.2) is 13.8 Å². The van der Waals surface area contributed by atoms with Crippen molar-refractivity contribution in [1.82, 2.24) is 9.73 Å². The molecule has 0 aliphatic carbocycles. The fourth-order valence-electron chi connectivity index (χ4n) is 2.84. The third kappa shape index (κ3) is 6.40. The van der Waals surface area contributed by atoms with E-state index in [0.29, 0.717) is 15.6 Å². The van der Waals surface area contributed by atoms with E-state index >= 15 is 0 Å². The quantitative estimate of drug-likeness (QED) is 0.369. The third-order valence-corrected chi connectivity index (χ3v) is 6.94. The summed E-state index contributed by atoms with van der Waals surface area (Å²) in [6.45, 7) is 1.31. The van der Waals surface area contributed by atoms with Gasteiger partial charge in [0.1, 0.15) is 0 Å². The van der Waals surface area contributed by atoms with Crippen LogP contribution in [0.5, 0.6) is 0 Å². The van der Waals surface area contributed by atoms with Gasteiger partial charge in [-0.05, 0) is 42.3 Å². The minimum absolute atomic E-state index is 0.0776. The number of sulfonamides is 1. The Labute approximate surface area is 197 Å². The molecule has 3 aromatic rings. The minimum Gasteiger partial charge on any atom is -0.272 e. The molecule has 3 aromatic carbocycles. The van der Waals surface area contributed by atoms with Crippen LogP contribution in [0, 0.1) is 6.92 Å². The first kappa shape index (κ1) is 23.9. The fraction of sp³-hybridized carbons (Fsp3) is 0.130. The van der Waals surface area contributed by atoms with E-state index in [2.05, 4.69) is 10.5 Å². The summed E-state index contributed by atoms with van der Waals surface area (Å²) < 4.78 is 27.6. The van der Waals surface area contributed by atoms with E-state index in [4.69, 9.17) is 23.2 Å². The SMILES string of the molecule is Cc1ccc(S(=O)(=O)N(CC(=O)N/N=C\c2ccccc2)Cc2ccc(Cl)cc2Cl)cc1. The lowest BCUT2D eigenvalue weighted by Crippen LogP contribution is -2.39. The molecule has 1 N–H and O–H groups in total. The summed E-state index contributed by atoms with van der Waals surface area (Å²) in [5.41, 5.74) is 4.61. The molecule has 0 bridgehead atoms. The van der Waals surface area contributed by atoms with E-state index in [1.807, 2.05) is 37.3 Å². The van der Waals surface area contributed by atoms with Crippen LogP contribution in [0.15, 0.2) is 82.8 Å². The van der Waals surface area contributed by atoms with Gasteiger partial charge in [0.05, 0.1) is 17.7 Å². The summed E-state index contributed by atoms with van der Waals surface area (Å²) in [7, 11) is -3.99. The predicted molar refractivity (Wildman–Crippen MR) is 127 cm³/mol. The molecular weight excluding hydrogens is 469 g/mol. The molecule has 0 atom stereocenters. The van der Waals surface area contributed by atoms with Crippen LogP contribution in [0.4, 0.5) is 0 Å². The molecule has 0 aromatic heterocycles. The second-order valence-corrected chi connectivity index (χ2v) is 9.81. The van der Waals surface area contributed by atoms with Gasteiger partial charge in [-0.3, -0.25) is 4.79 Å². The standard InChI is InChI=1S/C23H21Cl2N3O3S/c1-17-7-11-21(12-8-17)32(30,31)28(15-19-9-10-20(24)13-22(19)25)16-23(29)27-26-14-18-5-3-2-4-6-18/h2-14H,15-16H2,1H3,(H,27,29)/b26-14-. The molecule has 0 saturated carbocycles. The second kappa shape index (κ2) is 10.7. The zero-order valence-corrected chi connectivity index (χ0v) is 19.5. The number of nitrogens with one attached hydrogen (secondary N) is 1. The topological polar surface area (TPSA) is 78.8 Å². The number of carbonyl (C=O) groups is 1. The van der Waals surface area contributed by atoms with E-state index in [1.165, 1.54) is 24.4 Å². The molecule has 3 rings (SSSR count). The van der Waals surface area contributed by atoms with Crippen molar-refractivity contribution in [3.05, 3.63) is 99.5 Å². The number of rotatable bonds is 8. The van der Waals surface area contributed by atoms with Crippen LogP contribution in [-0.2, 0) is 21.4 Å². The number of hydrogen-bond donors (Lipinski definition) is 1. The Morgan fingerprint density at radius 1 is 1.03 bits per heavy atom. The van der Waals surface area contributed by atoms with Crippen LogP contribution in [0.25, 0.3) is 0 Å². The minimum atomic E-state index is -3.99. The Kier molecular flexibility index (Phi) is 8.04. The molecule has 0 unspecified atom stereocenters. The highest BCUT2D eigenvalue weighted by Gasteiger charge is 2.27. The van der Waals surface area contributed by atoms with Gasteiger partial charge in [0.15, 0.2) is 0 Å². The summed E-state index contributed by atoms with van der Waals surface area (Å²) in [4.78, 5) is 12.6. The molecular formula is C23H21Cl2N3O3S. The molecule has 0 radical (unpaired) electrons. The Bertz CT molecular complexity index is 1210. The Balaban J connectivity index is 1.83. The van der Waals surface area contributed by atoms with Gasteiger partial charge in [0, 0.05) is 16.6 Å². The number of nitrogens with zero attached hydrogens (tertiary/aromatic N) is 2. The smallest absolute Gasteiger partial charge is 0.255 e. The number of halogens is 2. The average molecular weight is 490 g/mol. The lowest BCUT2D eigenvalue weighted by Gasteiger charge is -2.22. The monoisotopic (exact) mass is 489 g/mol. The highest BCUT2D eigenvalue weighted by Crippen LogP contribution is 2.25. The molecule has 0 aliphatic rings. The maximum absolute atomic E-state index is 13.3. The maximum atomic E-state index is 13.3. The number of amides is 1. The molecule has 166 valence electrons. The number of aryl methyl sites for hydroxylation is 1. The zero-order chi connectivity index (χ0) is 23.1. The molecule has 0 heterocycles. The summed E-state index contributed by atoms with van der Waals surface area (Å²) in [5.74, 6) is -0.585. The molecule has 0 spiro atoms.